The van der Waals surface area contributed by atoms with Crippen LogP contribution in [0, 0.1) is 6.92 Å². The number of aromatic nitrogens is 5. The first-order valence-electron chi connectivity index (χ1n) is 6.12. The van der Waals surface area contributed by atoms with Gasteiger partial charge in [0, 0.05) is 24.9 Å². The Labute approximate surface area is 106 Å². The predicted molar refractivity (Wildman–Crippen MR) is 67.9 cm³/mol. The van der Waals surface area contributed by atoms with Crippen LogP contribution in [0.3, 0.4) is 0 Å². The Morgan fingerprint density at radius 2 is 2.11 bits per heavy atom. The molecule has 2 rings (SSSR count). The van der Waals surface area contributed by atoms with E-state index in [2.05, 4.69) is 37.4 Å². The van der Waals surface area contributed by atoms with Crippen molar-refractivity contribution in [2.75, 3.05) is 6.54 Å². The number of hydrogen-bond donors (Lipinski definition) is 2. The molecule has 2 N–H and O–H groups in total. The third kappa shape index (κ3) is 3.33. The van der Waals surface area contributed by atoms with Gasteiger partial charge in [0.1, 0.15) is 12.2 Å². The molecule has 0 amide bonds. The summed E-state index contributed by atoms with van der Waals surface area (Å²) < 4.78 is 0. The smallest absolute Gasteiger partial charge is 0.137 e. The van der Waals surface area contributed by atoms with Crippen molar-refractivity contribution < 1.29 is 0 Å². The second kappa shape index (κ2) is 6.20. The Balaban J connectivity index is 1.75. The minimum absolute atomic E-state index is 0.216. The first-order chi connectivity index (χ1) is 8.77. The Morgan fingerprint density at radius 3 is 2.83 bits per heavy atom. The highest BCUT2D eigenvalue weighted by molar-refractivity contribution is 5.12. The molecule has 0 spiro atoms. The number of hydrogen-bond acceptors (Lipinski definition) is 5. The fourth-order valence-electron chi connectivity index (χ4n) is 1.87. The van der Waals surface area contributed by atoms with Gasteiger partial charge in [-0.2, -0.15) is 5.10 Å². The number of nitrogens with one attached hydrogen (secondary N) is 2. The van der Waals surface area contributed by atoms with Gasteiger partial charge in [-0.25, -0.2) is 4.98 Å². The molecule has 2 aromatic heterocycles. The van der Waals surface area contributed by atoms with Crippen LogP contribution in [-0.2, 0) is 6.42 Å². The maximum atomic E-state index is 4.35. The molecule has 2 heterocycles. The Hall–Kier alpha value is -1.82. The van der Waals surface area contributed by atoms with Gasteiger partial charge in [0.2, 0.25) is 0 Å². The summed E-state index contributed by atoms with van der Waals surface area (Å²) in [5.41, 5.74) is 1.99. The third-order valence-corrected chi connectivity index (χ3v) is 2.84. The van der Waals surface area contributed by atoms with E-state index in [0.29, 0.717) is 0 Å². The summed E-state index contributed by atoms with van der Waals surface area (Å²) in [7, 11) is 0. The molecule has 0 saturated carbocycles. The van der Waals surface area contributed by atoms with E-state index in [1.54, 1.807) is 12.4 Å². The van der Waals surface area contributed by atoms with Crippen molar-refractivity contribution in [1.29, 1.82) is 0 Å². The molecule has 0 aromatic carbocycles. The average molecular weight is 246 g/mol. The van der Waals surface area contributed by atoms with Crippen LogP contribution in [-0.4, -0.2) is 31.7 Å². The maximum Gasteiger partial charge on any atom is 0.137 e. The number of aromatic amines is 1. The van der Waals surface area contributed by atoms with Crippen molar-refractivity contribution in [2.45, 2.75) is 32.7 Å². The van der Waals surface area contributed by atoms with Crippen molar-refractivity contribution in [1.82, 2.24) is 30.5 Å². The van der Waals surface area contributed by atoms with Crippen LogP contribution in [0.15, 0.2) is 18.7 Å². The van der Waals surface area contributed by atoms with Gasteiger partial charge in [-0.1, -0.05) is 0 Å². The van der Waals surface area contributed by atoms with E-state index in [0.717, 1.165) is 36.6 Å². The zero-order chi connectivity index (χ0) is 12.8. The van der Waals surface area contributed by atoms with Crippen molar-refractivity contribution in [3.63, 3.8) is 0 Å². The number of rotatable bonds is 6. The first-order valence-corrected chi connectivity index (χ1v) is 6.12. The summed E-state index contributed by atoms with van der Waals surface area (Å²) in [6.07, 6.45) is 6.90. The Kier molecular flexibility index (Phi) is 4.35. The second-order valence-corrected chi connectivity index (χ2v) is 4.24. The van der Waals surface area contributed by atoms with Gasteiger partial charge in [-0.05, 0) is 26.8 Å². The predicted octanol–water partition coefficient (Wildman–Crippen LogP) is 1.19. The lowest BCUT2D eigenvalue weighted by atomic mass is 10.2. The van der Waals surface area contributed by atoms with Gasteiger partial charge in [-0.3, -0.25) is 15.1 Å². The first kappa shape index (κ1) is 12.6. The van der Waals surface area contributed by atoms with E-state index in [1.807, 2.05) is 6.92 Å². The Morgan fingerprint density at radius 1 is 1.28 bits per heavy atom. The summed E-state index contributed by atoms with van der Waals surface area (Å²) >= 11 is 0. The van der Waals surface area contributed by atoms with E-state index >= 15 is 0 Å². The third-order valence-electron chi connectivity index (χ3n) is 2.84. The number of aryl methyl sites for hydroxylation is 2. The molecular weight excluding hydrogens is 228 g/mol. The summed E-state index contributed by atoms with van der Waals surface area (Å²) in [5, 5.41) is 10.1. The van der Waals surface area contributed by atoms with Crippen LogP contribution < -0.4 is 5.32 Å². The van der Waals surface area contributed by atoms with Crippen molar-refractivity contribution in [2.24, 2.45) is 0 Å². The summed E-state index contributed by atoms with van der Waals surface area (Å²) in [6, 6.07) is 0.216. The van der Waals surface area contributed by atoms with Crippen molar-refractivity contribution in [3.05, 3.63) is 35.9 Å². The fraction of sp³-hybridized carbons (Fsp3) is 0.500. The fourth-order valence-corrected chi connectivity index (χ4v) is 1.87. The van der Waals surface area contributed by atoms with Gasteiger partial charge < -0.3 is 5.32 Å². The molecule has 0 aliphatic carbocycles. The van der Waals surface area contributed by atoms with Crippen molar-refractivity contribution in [3.8, 4) is 0 Å². The van der Waals surface area contributed by atoms with Crippen LogP contribution in [0.1, 0.15) is 36.6 Å². The topological polar surface area (TPSA) is 79.4 Å². The molecule has 0 bridgehead atoms. The van der Waals surface area contributed by atoms with Crippen LogP contribution in [0.5, 0.6) is 0 Å². The van der Waals surface area contributed by atoms with E-state index in [-0.39, 0.29) is 6.04 Å². The van der Waals surface area contributed by atoms with Gasteiger partial charge in [-0.15, -0.1) is 0 Å². The lowest BCUT2D eigenvalue weighted by molar-refractivity contribution is 0.539. The molecule has 6 heteroatoms. The van der Waals surface area contributed by atoms with E-state index in [4.69, 9.17) is 0 Å². The van der Waals surface area contributed by atoms with Gasteiger partial charge >= 0.3 is 0 Å². The molecule has 0 saturated heterocycles. The summed E-state index contributed by atoms with van der Waals surface area (Å²) in [5.74, 6) is 0.931. The zero-order valence-corrected chi connectivity index (χ0v) is 10.7. The number of H-pyrrole nitrogens is 1. The van der Waals surface area contributed by atoms with E-state index in [9.17, 15) is 0 Å². The van der Waals surface area contributed by atoms with E-state index < -0.39 is 0 Å². The highest BCUT2D eigenvalue weighted by Gasteiger charge is 2.09. The van der Waals surface area contributed by atoms with Gasteiger partial charge in [0.25, 0.3) is 0 Å². The van der Waals surface area contributed by atoms with Crippen LogP contribution in [0.2, 0.25) is 0 Å². The summed E-state index contributed by atoms with van der Waals surface area (Å²) in [4.78, 5) is 12.7. The SMILES string of the molecule is Cc1nccnc1C(C)NCCCc1ncn[nH]1. The molecule has 18 heavy (non-hydrogen) atoms. The average Bonchev–Trinajstić information content (AvgIpc) is 2.88. The monoisotopic (exact) mass is 246 g/mol. The molecule has 1 atom stereocenters. The second-order valence-electron chi connectivity index (χ2n) is 4.24. The summed E-state index contributed by atoms with van der Waals surface area (Å²) in [6.45, 7) is 5.00. The zero-order valence-electron chi connectivity index (χ0n) is 10.7. The van der Waals surface area contributed by atoms with E-state index in [1.165, 1.54) is 6.33 Å². The van der Waals surface area contributed by atoms with Crippen LogP contribution in [0.25, 0.3) is 0 Å². The van der Waals surface area contributed by atoms with Crippen LogP contribution in [0.4, 0.5) is 0 Å². The molecule has 0 aliphatic heterocycles. The molecule has 0 aliphatic rings. The minimum Gasteiger partial charge on any atom is -0.309 e. The van der Waals surface area contributed by atoms with Gasteiger partial charge in [0.05, 0.1) is 11.4 Å². The highest BCUT2D eigenvalue weighted by Crippen LogP contribution is 2.11. The molecular formula is C12H18N6. The highest BCUT2D eigenvalue weighted by atomic mass is 15.2. The molecule has 0 fully saturated rings. The maximum absolute atomic E-state index is 4.35. The lowest BCUT2D eigenvalue weighted by Crippen LogP contribution is -2.22. The normalized spacial score (nSPS) is 12.6. The lowest BCUT2D eigenvalue weighted by Gasteiger charge is -2.14. The Bertz CT molecular complexity index is 467. The molecule has 0 radical (unpaired) electrons. The molecule has 2 aromatic rings. The quantitative estimate of drug-likeness (QED) is 0.748. The largest absolute Gasteiger partial charge is 0.309 e. The minimum atomic E-state index is 0.216. The van der Waals surface area contributed by atoms with Crippen LogP contribution >= 0.6 is 0 Å². The molecule has 96 valence electrons. The van der Waals surface area contributed by atoms with Gasteiger partial charge in [0.15, 0.2) is 0 Å². The number of nitrogens with zero attached hydrogens (tertiary/aromatic N) is 4. The standard InChI is InChI=1S/C12H18N6/c1-9(12-10(2)14-6-7-15-12)13-5-3-4-11-16-8-17-18-11/h6-9,13H,3-5H2,1-2H3,(H,16,17,18). The molecule has 6 nitrogen and oxygen atoms in total. The van der Waals surface area contributed by atoms with Crippen molar-refractivity contribution >= 4 is 0 Å². The molecule has 1 unspecified atom stereocenters.